The fourth-order valence-corrected chi connectivity index (χ4v) is 8.29. The molecule has 0 radical (unpaired) electrons. The van der Waals surface area contributed by atoms with Gasteiger partial charge in [-0.25, -0.2) is 9.97 Å². The predicted octanol–water partition coefficient (Wildman–Crippen LogP) is 12.8. The number of hydrogen-bond acceptors (Lipinski definition) is 2. The molecular formula is C50H32N4. The average Bonchev–Trinajstić information content (AvgIpc) is 3.77. The second kappa shape index (κ2) is 12.1. The third-order valence-corrected chi connectivity index (χ3v) is 10.7. The molecule has 11 aromatic rings. The Hall–Kier alpha value is -7.30. The fraction of sp³-hybridized carbons (Fsp3) is 0. The van der Waals surface area contributed by atoms with Crippen LogP contribution in [-0.2, 0) is 0 Å². The lowest BCUT2D eigenvalue weighted by atomic mass is 10.0. The molecule has 0 saturated heterocycles. The van der Waals surface area contributed by atoms with Gasteiger partial charge in [-0.15, -0.1) is 0 Å². The Morgan fingerprint density at radius 1 is 0.296 bits per heavy atom. The molecule has 0 unspecified atom stereocenters. The Labute approximate surface area is 311 Å². The number of hydrogen-bond donors (Lipinski definition) is 0. The van der Waals surface area contributed by atoms with Crippen molar-refractivity contribution in [1.29, 1.82) is 0 Å². The van der Waals surface area contributed by atoms with E-state index in [1.165, 1.54) is 43.6 Å². The molecule has 0 aliphatic heterocycles. The van der Waals surface area contributed by atoms with Crippen LogP contribution in [0, 0.1) is 0 Å². The van der Waals surface area contributed by atoms with Crippen molar-refractivity contribution in [2.24, 2.45) is 0 Å². The summed E-state index contributed by atoms with van der Waals surface area (Å²) in [7, 11) is 0. The van der Waals surface area contributed by atoms with E-state index in [1.807, 2.05) is 18.2 Å². The lowest BCUT2D eigenvalue weighted by Crippen LogP contribution is -1.95. The normalized spacial score (nSPS) is 11.7. The highest BCUT2D eigenvalue weighted by Gasteiger charge is 2.20. The molecule has 0 aliphatic carbocycles. The molecule has 54 heavy (non-hydrogen) atoms. The van der Waals surface area contributed by atoms with Crippen LogP contribution >= 0.6 is 0 Å². The summed E-state index contributed by atoms with van der Waals surface area (Å²) in [6.45, 7) is 0. The van der Waals surface area contributed by atoms with E-state index >= 15 is 0 Å². The van der Waals surface area contributed by atoms with Gasteiger partial charge in [0.1, 0.15) is 0 Å². The molecule has 3 aromatic heterocycles. The van der Waals surface area contributed by atoms with Gasteiger partial charge >= 0.3 is 0 Å². The minimum Gasteiger partial charge on any atom is -0.309 e. The van der Waals surface area contributed by atoms with Crippen molar-refractivity contribution in [3.63, 3.8) is 0 Å². The van der Waals surface area contributed by atoms with Gasteiger partial charge in [-0.2, -0.15) is 0 Å². The van der Waals surface area contributed by atoms with Gasteiger partial charge in [0.25, 0.3) is 0 Å². The Balaban J connectivity index is 1.00. The maximum Gasteiger partial charge on any atom is 0.160 e. The summed E-state index contributed by atoms with van der Waals surface area (Å²) in [6, 6.07) is 69.0. The number of aromatic nitrogens is 4. The van der Waals surface area contributed by atoms with Crippen LogP contribution in [0.3, 0.4) is 0 Å². The van der Waals surface area contributed by atoms with Gasteiger partial charge in [0.05, 0.1) is 33.3 Å². The highest BCUT2D eigenvalue weighted by Crippen LogP contribution is 2.42. The summed E-state index contributed by atoms with van der Waals surface area (Å²) >= 11 is 0. The number of fused-ring (bicyclic) bond motifs is 8. The molecule has 0 spiro atoms. The molecule has 0 aliphatic rings. The van der Waals surface area contributed by atoms with Crippen LogP contribution in [0.25, 0.3) is 99.7 Å². The Kier molecular flexibility index (Phi) is 6.82. The van der Waals surface area contributed by atoms with Gasteiger partial charge in [0.15, 0.2) is 5.82 Å². The zero-order chi connectivity index (χ0) is 35.6. The number of nitrogens with zero attached hydrogens (tertiary/aromatic N) is 4. The first-order chi connectivity index (χ1) is 26.8. The van der Waals surface area contributed by atoms with Crippen LogP contribution < -0.4 is 0 Å². The molecule has 0 N–H and O–H groups in total. The van der Waals surface area contributed by atoms with Crippen molar-refractivity contribution in [2.45, 2.75) is 0 Å². The van der Waals surface area contributed by atoms with E-state index in [-0.39, 0.29) is 0 Å². The van der Waals surface area contributed by atoms with Crippen LogP contribution in [0.1, 0.15) is 0 Å². The Morgan fingerprint density at radius 2 is 0.759 bits per heavy atom. The lowest BCUT2D eigenvalue weighted by molar-refractivity contribution is 1.17. The standard InChI is InChI=1S/C50H32N4/c1-3-13-35(14-4-1)49-39-17-7-10-20-42(39)51-50(52-49)36-25-23-33(24-26-36)34-27-29-38(30-28-34)54-44-22-12-9-19-41(44)48-46(54)32-31-45-47(48)40-18-8-11-21-43(40)53(45)37-15-5-2-6-16-37/h1-32H. The van der Waals surface area contributed by atoms with E-state index in [4.69, 9.17) is 9.97 Å². The first-order valence-electron chi connectivity index (χ1n) is 18.3. The first-order valence-corrected chi connectivity index (χ1v) is 18.3. The van der Waals surface area contributed by atoms with Crippen molar-refractivity contribution in [3.8, 4) is 45.1 Å². The number of rotatable bonds is 5. The van der Waals surface area contributed by atoms with E-state index < -0.39 is 0 Å². The second-order valence-electron chi connectivity index (χ2n) is 13.8. The summed E-state index contributed by atoms with van der Waals surface area (Å²) in [5.74, 6) is 0.724. The van der Waals surface area contributed by atoms with Gasteiger partial charge in [0, 0.05) is 49.4 Å². The van der Waals surface area contributed by atoms with Gasteiger partial charge in [-0.1, -0.05) is 140 Å². The Morgan fingerprint density at radius 3 is 1.37 bits per heavy atom. The topological polar surface area (TPSA) is 35.6 Å². The van der Waals surface area contributed by atoms with Gasteiger partial charge < -0.3 is 9.13 Å². The zero-order valence-electron chi connectivity index (χ0n) is 29.3. The number of benzene rings is 8. The third-order valence-electron chi connectivity index (χ3n) is 10.7. The maximum atomic E-state index is 5.07. The molecule has 8 aromatic carbocycles. The first kappa shape index (κ1) is 30.3. The minimum absolute atomic E-state index is 0.724. The maximum absolute atomic E-state index is 5.07. The summed E-state index contributed by atoms with van der Waals surface area (Å²) in [5, 5.41) is 6.12. The van der Waals surface area contributed by atoms with Crippen molar-refractivity contribution < 1.29 is 0 Å². The number of para-hydroxylation sites is 4. The summed E-state index contributed by atoms with van der Waals surface area (Å²) in [5.41, 5.74) is 13.4. The largest absolute Gasteiger partial charge is 0.309 e. The molecule has 3 heterocycles. The SMILES string of the molecule is c1ccc(-c2nc(-c3ccc(-c4ccc(-n5c6ccccc6c6c7c8ccccc8n(-c8ccccc8)c7ccc65)cc4)cc3)nc3ccccc23)cc1. The minimum atomic E-state index is 0.724. The molecule has 4 heteroatoms. The van der Waals surface area contributed by atoms with Crippen molar-refractivity contribution in [1.82, 2.24) is 19.1 Å². The molecule has 0 atom stereocenters. The van der Waals surface area contributed by atoms with Crippen LogP contribution in [0.2, 0.25) is 0 Å². The monoisotopic (exact) mass is 688 g/mol. The predicted molar refractivity (Wildman–Crippen MR) is 225 cm³/mol. The van der Waals surface area contributed by atoms with Crippen LogP contribution in [-0.4, -0.2) is 19.1 Å². The van der Waals surface area contributed by atoms with E-state index in [2.05, 4.69) is 185 Å². The molecule has 0 saturated carbocycles. The van der Waals surface area contributed by atoms with Crippen LogP contribution in [0.15, 0.2) is 194 Å². The molecule has 11 rings (SSSR count). The molecular weight excluding hydrogens is 657 g/mol. The highest BCUT2D eigenvalue weighted by molar-refractivity contribution is 6.28. The van der Waals surface area contributed by atoms with Crippen molar-refractivity contribution >= 4 is 54.5 Å². The van der Waals surface area contributed by atoms with E-state index in [9.17, 15) is 0 Å². The average molecular weight is 689 g/mol. The van der Waals surface area contributed by atoms with Gasteiger partial charge in [0.2, 0.25) is 0 Å². The highest BCUT2D eigenvalue weighted by atomic mass is 15.0. The van der Waals surface area contributed by atoms with Crippen LogP contribution in [0.5, 0.6) is 0 Å². The third kappa shape index (κ3) is 4.70. The summed E-state index contributed by atoms with van der Waals surface area (Å²) < 4.78 is 4.80. The van der Waals surface area contributed by atoms with Crippen molar-refractivity contribution in [2.75, 3.05) is 0 Å². The molecule has 252 valence electrons. The molecule has 0 amide bonds. The fourth-order valence-electron chi connectivity index (χ4n) is 8.29. The molecule has 4 nitrogen and oxygen atoms in total. The van der Waals surface area contributed by atoms with Gasteiger partial charge in [-0.3, -0.25) is 0 Å². The van der Waals surface area contributed by atoms with Gasteiger partial charge in [-0.05, 0) is 65.7 Å². The van der Waals surface area contributed by atoms with E-state index in [0.29, 0.717) is 0 Å². The van der Waals surface area contributed by atoms with Crippen LogP contribution in [0.4, 0.5) is 0 Å². The summed E-state index contributed by atoms with van der Waals surface area (Å²) in [6.07, 6.45) is 0. The summed E-state index contributed by atoms with van der Waals surface area (Å²) in [4.78, 5) is 10.0. The second-order valence-corrected chi connectivity index (χ2v) is 13.8. The van der Waals surface area contributed by atoms with Crippen molar-refractivity contribution in [3.05, 3.63) is 194 Å². The lowest BCUT2D eigenvalue weighted by Gasteiger charge is -2.11. The smallest absolute Gasteiger partial charge is 0.160 e. The molecule has 0 bridgehead atoms. The van der Waals surface area contributed by atoms with E-state index in [0.717, 1.165) is 56.0 Å². The molecule has 0 fully saturated rings. The zero-order valence-corrected chi connectivity index (χ0v) is 29.3. The Bertz CT molecular complexity index is 3170. The quantitative estimate of drug-likeness (QED) is 0.180. The van der Waals surface area contributed by atoms with E-state index in [1.54, 1.807) is 0 Å².